The summed E-state index contributed by atoms with van der Waals surface area (Å²) in [6.45, 7) is 6.98. The highest BCUT2D eigenvalue weighted by Gasteiger charge is 2.19. The van der Waals surface area contributed by atoms with E-state index in [9.17, 15) is 4.79 Å². The lowest BCUT2D eigenvalue weighted by atomic mass is 10.2. The van der Waals surface area contributed by atoms with E-state index in [1.165, 1.54) is 0 Å². The topological polar surface area (TPSA) is 85.4 Å². The number of rotatable bonds is 9. The number of carbonyl (C=O) groups is 1. The van der Waals surface area contributed by atoms with Crippen LogP contribution in [0.4, 0.5) is 5.82 Å². The van der Waals surface area contributed by atoms with E-state index >= 15 is 0 Å². The smallest absolute Gasteiger partial charge is 0.236 e. The summed E-state index contributed by atoms with van der Waals surface area (Å²) in [6.07, 6.45) is 0. The van der Waals surface area contributed by atoms with Crippen molar-refractivity contribution in [1.82, 2.24) is 15.1 Å². The lowest BCUT2D eigenvalue weighted by molar-refractivity contribution is -0.116. The number of aryl methyl sites for hydroxylation is 2. The van der Waals surface area contributed by atoms with Crippen LogP contribution in [0.3, 0.4) is 0 Å². The first-order valence-electron chi connectivity index (χ1n) is 6.76. The van der Waals surface area contributed by atoms with E-state index in [0.29, 0.717) is 19.7 Å². The fourth-order valence-corrected chi connectivity index (χ4v) is 2.20. The quantitative estimate of drug-likeness (QED) is 0.612. The third-order valence-corrected chi connectivity index (χ3v) is 3.13. The van der Waals surface area contributed by atoms with Gasteiger partial charge < -0.3 is 20.7 Å². The van der Waals surface area contributed by atoms with Crippen molar-refractivity contribution in [3.8, 4) is 0 Å². The number of amides is 1. The Morgan fingerprint density at radius 2 is 2.25 bits per heavy atom. The number of nitrogens with two attached hydrogens (primary N) is 1. The summed E-state index contributed by atoms with van der Waals surface area (Å²) < 4.78 is 6.81. The maximum atomic E-state index is 11.2. The molecule has 0 aliphatic carbocycles. The molecule has 1 heterocycles. The van der Waals surface area contributed by atoms with Crippen LogP contribution < -0.4 is 16.0 Å². The molecule has 1 aromatic rings. The van der Waals surface area contributed by atoms with Gasteiger partial charge in [-0.25, -0.2) is 0 Å². The van der Waals surface area contributed by atoms with Crippen molar-refractivity contribution in [2.75, 3.05) is 38.3 Å². The van der Waals surface area contributed by atoms with Crippen molar-refractivity contribution in [1.29, 1.82) is 0 Å². The second-order valence-electron chi connectivity index (χ2n) is 4.66. The van der Waals surface area contributed by atoms with Crippen LogP contribution in [0.1, 0.15) is 18.2 Å². The molecular weight excluding hydrogens is 258 g/mol. The molecule has 0 radical (unpaired) electrons. The maximum absolute atomic E-state index is 11.2. The summed E-state index contributed by atoms with van der Waals surface area (Å²) in [4.78, 5) is 13.1. The average Bonchev–Trinajstić information content (AvgIpc) is 2.66. The normalized spacial score (nSPS) is 10.8. The highest BCUT2D eigenvalue weighted by molar-refractivity contribution is 5.79. The van der Waals surface area contributed by atoms with Crippen LogP contribution in [-0.4, -0.2) is 49.0 Å². The van der Waals surface area contributed by atoms with Gasteiger partial charge in [-0.05, 0) is 13.8 Å². The van der Waals surface area contributed by atoms with Gasteiger partial charge in [0.1, 0.15) is 5.82 Å². The van der Waals surface area contributed by atoms with Gasteiger partial charge in [0.25, 0.3) is 0 Å². The number of primary amides is 1. The van der Waals surface area contributed by atoms with Crippen molar-refractivity contribution in [2.24, 2.45) is 12.8 Å². The molecule has 0 saturated heterocycles. The Balaban J connectivity index is 2.89. The molecule has 0 unspecified atom stereocenters. The van der Waals surface area contributed by atoms with Gasteiger partial charge in [0.15, 0.2) is 0 Å². The van der Waals surface area contributed by atoms with Gasteiger partial charge in [-0.3, -0.25) is 9.48 Å². The minimum absolute atomic E-state index is 0.195. The molecule has 0 fully saturated rings. The van der Waals surface area contributed by atoms with Crippen LogP contribution in [0.25, 0.3) is 0 Å². The molecule has 0 aliphatic heterocycles. The standard InChI is InChI=1S/C13H25N5O2/c1-5-18(9-12(14)19)13-11(8-15-6-7-20-4)10(2)16-17(13)3/h15H,5-9H2,1-4H3,(H2,14,19). The van der Waals surface area contributed by atoms with E-state index < -0.39 is 0 Å². The summed E-state index contributed by atoms with van der Waals surface area (Å²) in [5.41, 5.74) is 7.35. The van der Waals surface area contributed by atoms with Gasteiger partial charge in [0.2, 0.25) is 5.91 Å². The number of nitrogens with one attached hydrogen (secondary N) is 1. The van der Waals surface area contributed by atoms with Crippen LogP contribution in [0, 0.1) is 6.92 Å². The van der Waals surface area contributed by atoms with Crippen molar-refractivity contribution in [3.05, 3.63) is 11.3 Å². The Kier molecular flexibility index (Phi) is 6.47. The Morgan fingerprint density at radius 3 is 2.80 bits per heavy atom. The van der Waals surface area contributed by atoms with Gasteiger partial charge in [-0.15, -0.1) is 0 Å². The number of likely N-dealkylation sites (N-methyl/N-ethyl adjacent to an activating group) is 1. The first-order valence-corrected chi connectivity index (χ1v) is 6.76. The SMILES string of the molecule is CCN(CC(N)=O)c1c(CNCCOC)c(C)nn1C. The molecule has 7 nitrogen and oxygen atoms in total. The molecule has 0 atom stereocenters. The summed E-state index contributed by atoms with van der Waals surface area (Å²) in [7, 11) is 3.55. The zero-order chi connectivity index (χ0) is 15.1. The predicted molar refractivity (Wildman–Crippen MR) is 78.6 cm³/mol. The largest absolute Gasteiger partial charge is 0.383 e. The highest BCUT2D eigenvalue weighted by atomic mass is 16.5. The highest BCUT2D eigenvalue weighted by Crippen LogP contribution is 2.22. The number of anilines is 1. The van der Waals surface area contributed by atoms with Gasteiger partial charge in [0, 0.05) is 39.4 Å². The molecule has 7 heteroatoms. The van der Waals surface area contributed by atoms with Gasteiger partial charge >= 0.3 is 0 Å². The molecule has 1 amide bonds. The Bertz CT molecular complexity index is 444. The minimum Gasteiger partial charge on any atom is -0.383 e. The fraction of sp³-hybridized carbons (Fsp3) is 0.692. The van der Waals surface area contributed by atoms with Crippen molar-refractivity contribution in [3.63, 3.8) is 0 Å². The third-order valence-electron chi connectivity index (χ3n) is 3.13. The fourth-order valence-electron chi connectivity index (χ4n) is 2.20. The molecule has 0 aliphatic rings. The zero-order valence-corrected chi connectivity index (χ0v) is 12.8. The van der Waals surface area contributed by atoms with E-state index in [1.54, 1.807) is 11.8 Å². The Labute approximate surface area is 120 Å². The van der Waals surface area contributed by atoms with Crippen LogP contribution in [0.5, 0.6) is 0 Å². The lowest BCUT2D eigenvalue weighted by Crippen LogP contribution is -2.35. The van der Waals surface area contributed by atoms with E-state index in [-0.39, 0.29) is 12.5 Å². The van der Waals surface area contributed by atoms with E-state index in [4.69, 9.17) is 10.5 Å². The van der Waals surface area contributed by atoms with Crippen LogP contribution in [-0.2, 0) is 23.1 Å². The van der Waals surface area contributed by atoms with Crippen molar-refractivity contribution >= 4 is 11.7 Å². The molecule has 0 saturated carbocycles. The third kappa shape index (κ3) is 4.21. The summed E-state index contributed by atoms with van der Waals surface area (Å²) in [6, 6.07) is 0. The van der Waals surface area contributed by atoms with E-state index in [2.05, 4.69) is 10.4 Å². The summed E-state index contributed by atoms with van der Waals surface area (Å²) >= 11 is 0. The molecule has 0 spiro atoms. The van der Waals surface area contributed by atoms with Gasteiger partial charge in [0.05, 0.1) is 18.8 Å². The summed E-state index contributed by atoms with van der Waals surface area (Å²) in [5.74, 6) is 0.595. The second-order valence-corrected chi connectivity index (χ2v) is 4.66. The average molecular weight is 283 g/mol. The number of carbonyl (C=O) groups excluding carboxylic acids is 1. The lowest BCUT2D eigenvalue weighted by Gasteiger charge is -2.23. The first-order chi connectivity index (χ1) is 9.51. The monoisotopic (exact) mass is 283 g/mol. The molecule has 1 rings (SSSR count). The number of hydrogen-bond donors (Lipinski definition) is 2. The number of hydrogen-bond acceptors (Lipinski definition) is 5. The molecule has 3 N–H and O–H groups in total. The summed E-state index contributed by atoms with van der Waals surface area (Å²) in [5, 5.41) is 7.75. The van der Waals surface area contributed by atoms with Gasteiger partial charge in [-0.2, -0.15) is 5.10 Å². The number of methoxy groups -OCH3 is 1. The van der Waals surface area contributed by atoms with Crippen molar-refractivity contribution < 1.29 is 9.53 Å². The van der Waals surface area contributed by atoms with E-state index in [0.717, 1.165) is 23.6 Å². The molecule has 0 aromatic carbocycles. The first kappa shape index (κ1) is 16.5. The molecule has 1 aromatic heterocycles. The number of ether oxygens (including phenoxy) is 1. The van der Waals surface area contributed by atoms with Crippen LogP contribution in [0.15, 0.2) is 0 Å². The predicted octanol–water partition coefficient (Wildman–Crippen LogP) is -0.224. The van der Waals surface area contributed by atoms with Crippen LogP contribution in [0.2, 0.25) is 0 Å². The maximum Gasteiger partial charge on any atom is 0.236 e. The molecule has 114 valence electrons. The zero-order valence-electron chi connectivity index (χ0n) is 12.8. The van der Waals surface area contributed by atoms with Crippen molar-refractivity contribution in [2.45, 2.75) is 20.4 Å². The Morgan fingerprint density at radius 1 is 1.55 bits per heavy atom. The molecule has 0 bridgehead atoms. The number of aromatic nitrogens is 2. The van der Waals surface area contributed by atoms with Gasteiger partial charge in [-0.1, -0.05) is 0 Å². The minimum atomic E-state index is -0.344. The molecular formula is C13H25N5O2. The van der Waals surface area contributed by atoms with E-state index in [1.807, 2.05) is 25.8 Å². The van der Waals surface area contributed by atoms with Crippen LogP contribution >= 0.6 is 0 Å². The second kappa shape index (κ2) is 7.86. The Hall–Kier alpha value is -1.60. The number of nitrogens with zero attached hydrogens (tertiary/aromatic N) is 3. The molecule has 20 heavy (non-hydrogen) atoms.